The first kappa shape index (κ1) is 30.8. The standard InChI is InChI=1S/3C5H11.CH4.U/c3*1-5(2,3)4;;/h3*1H2,2-4H3;1H4;/q3*-1;;+3. The zero-order chi connectivity index (χ0) is 13.5. The number of rotatable bonds is 0. The molecule has 0 spiro atoms. The first-order valence-electron chi connectivity index (χ1n) is 5.56. The van der Waals surface area contributed by atoms with Crippen molar-refractivity contribution in [3.05, 3.63) is 20.8 Å². The van der Waals surface area contributed by atoms with Gasteiger partial charge in [0.05, 0.1) is 0 Å². The van der Waals surface area contributed by atoms with Gasteiger partial charge in [-0.2, -0.15) is 16.2 Å². The average Bonchev–Trinajstić information content (AvgIpc) is 1.41. The Balaban J connectivity index is -0.0000000400. The summed E-state index contributed by atoms with van der Waals surface area (Å²) >= 11 is 0. The summed E-state index contributed by atoms with van der Waals surface area (Å²) in [7, 11) is 0. The van der Waals surface area contributed by atoms with Gasteiger partial charge in [-0.05, 0) is 0 Å². The largest absolute Gasteiger partial charge is 3.00 e. The maximum atomic E-state index is 3.77. The second kappa shape index (κ2) is 12.1. The molecule has 0 aromatic rings. The van der Waals surface area contributed by atoms with Gasteiger partial charge < -0.3 is 20.8 Å². The molecule has 0 N–H and O–H groups in total. The van der Waals surface area contributed by atoms with E-state index in [2.05, 4.69) is 83.1 Å². The third-order valence-electron chi connectivity index (χ3n) is 0. The summed E-state index contributed by atoms with van der Waals surface area (Å²) in [5, 5.41) is 0. The molecule has 0 unspecified atom stereocenters. The Morgan fingerprint density at radius 1 is 0.471 bits per heavy atom. The Labute approximate surface area is 137 Å². The Bertz CT molecular complexity index is 80.5. The molecule has 0 amide bonds. The van der Waals surface area contributed by atoms with Crippen LogP contribution in [0.5, 0.6) is 0 Å². The predicted molar refractivity (Wildman–Crippen MR) is 81.2 cm³/mol. The fourth-order valence-corrected chi connectivity index (χ4v) is 0. The van der Waals surface area contributed by atoms with Gasteiger partial charge in [-0.3, -0.25) is 0 Å². The van der Waals surface area contributed by atoms with E-state index in [0.717, 1.165) is 0 Å². The average molecular weight is 468 g/mol. The van der Waals surface area contributed by atoms with Crippen molar-refractivity contribution >= 4 is 0 Å². The second-order valence-corrected chi connectivity index (χ2v) is 7.68. The van der Waals surface area contributed by atoms with Crippen LogP contribution in [0.3, 0.4) is 0 Å². The van der Waals surface area contributed by atoms with E-state index in [1.54, 1.807) is 0 Å². The molecule has 0 aromatic heterocycles. The molecule has 105 valence electrons. The molecule has 0 rings (SSSR count). The molecule has 0 saturated heterocycles. The molecule has 17 heavy (non-hydrogen) atoms. The molecular weight excluding hydrogens is 430 g/mol. The summed E-state index contributed by atoms with van der Waals surface area (Å²) in [4.78, 5) is 0. The fraction of sp³-hybridized carbons (Fsp3) is 0.812. The first-order chi connectivity index (χ1) is 6.00. The van der Waals surface area contributed by atoms with Gasteiger partial charge in [0, 0.05) is 0 Å². The Kier molecular flexibility index (Phi) is 21.9. The van der Waals surface area contributed by atoms with Crippen LogP contribution >= 0.6 is 0 Å². The topological polar surface area (TPSA) is 0 Å². The summed E-state index contributed by atoms with van der Waals surface area (Å²) in [6.45, 7) is 30.0. The molecule has 0 aliphatic heterocycles. The van der Waals surface area contributed by atoms with Crippen LogP contribution in [0.4, 0.5) is 0 Å². The first-order valence-corrected chi connectivity index (χ1v) is 5.56. The fourth-order valence-electron chi connectivity index (χ4n) is 0. The summed E-state index contributed by atoms with van der Waals surface area (Å²) < 4.78 is 0. The van der Waals surface area contributed by atoms with E-state index >= 15 is 0 Å². The molecule has 1 radical (unpaired) electrons. The minimum atomic E-state index is 0. The smallest absolute Gasteiger partial charge is 0.338 e. The van der Waals surface area contributed by atoms with Crippen LogP contribution in [0.2, 0.25) is 0 Å². The molecule has 0 aromatic carbocycles. The quantitative estimate of drug-likeness (QED) is 0.370. The van der Waals surface area contributed by atoms with Crippen molar-refractivity contribution < 1.29 is 31.1 Å². The van der Waals surface area contributed by atoms with Crippen molar-refractivity contribution in [3.8, 4) is 0 Å². The molecule has 0 aliphatic carbocycles. The van der Waals surface area contributed by atoms with Gasteiger partial charge >= 0.3 is 31.1 Å². The molecule has 1 heteroatoms. The van der Waals surface area contributed by atoms with Gasteiger partial charge in [-0.1, -0.05) is 69.7 Å². The zero-order valence-corrected chi connectivity index (χ0v) is 17.3. The third kappa shape index (κ3) is 3490. The molecule has 0 saturated carbocycles. The van der Waals surface area contributed by atoms with Crippen LogP contribution in [0.25, 0.3) is 0 Å². The van der Waals surface area contributed by atoms with Crippen LogP contribution in [0.15, 0.2) is 0 Å². The molecule has 0 heterocycles. The minimum absolute atomic E-state index is 0. The summed E-state index contributed by atoms with van der Waals surface area (Å²) in [5.41, 5.74) is 0.750. The Morgan fingerprint density at radius 2 is 0.471 bits per heavy atom. The van der Waals surface area contributed by atoms with Crippen LogP contribution in [-0.4, -0.2) is 0 Å². The van der Waals surface area contributed by atoms with Crippen molar-refractivity contribution in [1.29, 1.82) is 0 Å². The molecule has 0 bridgehead atoms. The van der Waals surface area contributed by atoms with Crippen molar-refractivity contribution in [2.24, 2.45) is 16.2 Å². The summed E-state index contributed by atoms with van der Waals surface area (Å²) in [5.74, 6) is 0. The van der Waals surface area contributed by atoms with Gasteiger partial charge in [0.15, 0.2) is 0 Å². The van der Waals surface area contributed by atoms with E-state index in [0.29, 0.717) is 0 Å². The van der Waals surface area contributed by atoms with Crippen molar-refractivity contribution in [3.63, 3.8) is 0 Å². The van der Waals surface area contributed by atoms with E-state index in [1.165, 1.54) is 0 Å². The second-order valence-electron chi connectivity index (χ2n) is 7.68. The van der Waals surface area contributed by atoms with Crippen LogP contribution in [0, 0.1) is 68.1 Å². The van der Waals surface area contributed by atoms with E-state index < -0.39 is 0 Å². The molecule has 0 atom stereocenters. The van der Waals surface area contributed by atoms with E-state index in [1.807, 2.05) is 0 Å². The van der Waals surface area contributed by atoms with Gasteiger partial charge in [0.2, 0.25) is 0 Å². The van der Waals surface area contributed by atoms with Crippen LogP contribution in [0.1, 0.15) is 69.7 Å². The normalized spacial score (nSPS) is 10.6. The predicted octanol–water partition coefficient (Wildman–Crippen LogP) is 6.24. The van der Waals surface area contributed by atoms with E-state index in [9.17, 15) is 0 Å². The third-order valence-corrected chi connectivity index (χ3v) is 0. The van der Waals surface area contributed by atoms with Crippen molar-refractivity contribution in [1.82, 2.24) is 0 Å². The van der Waals surface area contributed by atoms with Crippen molar-refractivity contribution in [2.45, 2.75) is 69.7 Å². The maximum absolute atomic E-state index is 3.77. The maximum Gasteiger partial charge on any atom is 3.00 e. The molecule has 0 fully saturated rings. The van der Waals surface area contributed by atoms with Crippen LogP contribution in [-0.2, 0) is 0 Å². The van der Waals surface area contributed by atoms with Gasteiger partial charge in [-0.15, -0.1) is 0 Å². The molecule has 0 nitrogen and oxygen atoms in total. The van der Waals surface area contributed by atoms with Crippen molar-refractivity contribution in [2.75, 3.05) is 0 Å². The number of hydrogen-bond acceptors (Lipinski definition) is 0. The monoisotopic (exact) mass is 467 g/mol. The summed E-state index contributed by atoms with van der Waals surface area (Å²) in [6, 6.07) is 0. The van der Waals surface area contributed by atoms with E-state index in [4.69, 9.17) is 0 Å². The molecular formula is C16H37U. The Morgan fingerprint density at radius 3 is 0.471 bits per heavy atom. The van der Waals surface area contributed by atoms with Gasteiger partial charge in [-0.25, -0.2) is 0 Å². The van der Waals surface area contributed by atoms with E-state index in [-0.39, 0.29) is 54.8 Å². The minimum Gasteiger partial charge on any atom is -0.338 e. The SMILES string of the molecule is C.[CH2-]C(C)(C)C.[CH2-]C(C)(C)C.[CH2-]C(C)(C)C.[U+3]. The zero-order valence-electron chi connectivity index (χ0n) is 13.1. The number of hydrogen-bond donors (Lipinski definition) is 0. The van der Waals surface area contributed by atoms with Gasteiger partial charge in [0.1, 0.15) is 0 Å². The molecule has 0 aliphatic rings. The Hall–Kier alpha value is 1.05. The van der Waals surface area contributed by atoms with Crippen LogP contribution < -0.4 is 0 Å². The van der Waals surface area contributed by atoms with Gasteiger partial charge in [0.25, 0.3) is 0 Å². The summed E-state index contributed by atoms with van der Waals surface area (Å²) in [6.07, 6.45) is 0.